The maximum atomic E-state index is 14.0. The molecule has 3 nitrogen and oxygen atoms in total. The van der Waals surface area contributed by atoms with E-state index in [1.165, 1.54) is 13.2 Å². The lowest BCUT2D eigenvalue weighted by atomic mass is 9.96. The lowest BCUT2D eigenvalue weighted by Crippen LogP contribution is -2.30. The van der Waals surface area contributed by atoms with E-state index >= 15 is 0 Å². The number of aryl methyl sites for hydroxylation is 1. The van der Waals surface area contributed by atoms with Crippen LogP contribution in [0.2, 0.25) is 0 Å². The minimum atomic E-state index is -0.651. The monoisotopic (exact) mass is 278 g/mol. The van der Waals surface area contributed by atoms with Crippen LogP contribution in [0.4, 0.5) is 8.78 Å². The lowest BCUT2D eigenvalue weighted by molar-refractivity contribution is 0.403. The molecule has 0 amide bonds. The summed E-state index contributed by atoms with van der Waals surface area (Å²) >= 11 is 0. The van der Waals surface area contributed by atoms with Gasteiger partial charge in [-0.25, -0.2) is 14.2 Å². The maximum absolute atomic E-state index is 14.0. The van der Waals surface area contributed by atoms with Crippen molar-refractivity contribution in [2.24, 2.45) is 5.84 Å². The summed E-state index contributed by atoms with van der Waals surface area (Å²) in [5.41, 5.74) is 3.87. The molecule has 0 fully saturated rings. The molecule has 20 heavy (non-hydrogen) atoms. The molecule has 106 valence electrons. The fourth-order valence-electron chi connectivity index (χ4n) is 2.15. The molecule has 0 aromatic heterocycles. The van der Waals surface area contributed by atoms with Crippen LogP contribution in [0.25, 0.3) is 0 Å². The number of hydrogen-bond donors (Lipinski definition) is 2. The molecule has 2 rings (SSSR count). The molecule has 0 saturated heterocycles. The highest BCUT2D eigenvalue weighted by atomic mass is 19.1. The number of methoxy groups -OCH3 is 1. The average molecular weight is 278 g/mol. The highest BCUT2D eigenvalue weighted by molar-refractivity contribution is 5.42. The van der Waals surface area contributed by atoms with Crippen LogP contribution in [-0.2, 0) is 0 Å². The summed E-state index contributed by atoms with van der Waals surface area (Å²) in [5.74, 6) is 4.90. The van der Waals surface area contributed by atoms with Gasteiger partial charge in [-0.15, -0.1) is 0 Å². The molecule has 5 heteroatoms. The first-order valence-corrected chi connectivity index (χ1v) is 6.13. The van der Waals surface area contributed by atoms with Crippen LogP contribution in [0.3, 0.4) is 0 Å². The maximum Gasteiger partial charge on any atom is 0.131 e. The normalized spacial score (nSPS) is 12.2. The van der Waals surface area contributed by atoms with Gasteiger partial charge in [0.2, 0.25) is 0 Å². The van der Waals surface area contributed by atoms with E-state index in [-0.39, 0.29) is 5.56 Å². The predicted octanol–water partition coefficient (Wildman–Crippen LogP) is 2.83. The summed E-state index contributed by atoms with van der Waals surface area (Å²) in [7, 11) is 1.53. The van der Waals surface area contributed by atoms with Crippen LogP contribution in [0, 0.1) is 18.6 Å². The van der Waals surface area contributed by atoms with Crippen LogP contribution in [-0.4, -0.2) is 7.11 Å². The van der Waals surface area contributed by atoms with E-state index in [2.05, 4.69) is 5.43 Å². The molecular formula is C15H16F2N2O. The van der Waals surface area contributed by atoms with E-state index in [9.17, 15) is 8.78 Å². The highest BCUT2D eigenvalue weighted by Gasteiger charge is 2.21. The molecule has 1 unspecified atom stereocenters. The van der Waals surface area contributed by atoms with E-state index in [0.29, 0.717) is 16.9 Å². The van der Waals surface area contributed by atoms with Crippen molar-refractivity contribution in [3.05, 3.63) is 64.7 Å². The quantitative estimate of drug-likeness (QED) is 0.668. The number of halogens is 2. The second kappa shape index (κ2) is 5.98. The summed E-state index contributed by atoms with van der Waals surface area (Å²) in [6.07, 6.45) is 0. The zero-order valence-corrected chi connectivity index (χ0v) is 11.3. The van der Waals surface area contributed by atoms with Gasteiger partial charge in [0.15, 0.2) is 0 Å². The fourth-order valence-corrected chi connectivity index (χ4v) is 2.15. The summed E-state index contributed by atoms with van der Waals surface area (Å²) < 4.78 is 32.6. The third-order valence-electron chi connectivity index (χ3n) is 3.21. The number of hydrazine groups is 1. The third kappa shape index (κ3) is 2.64. The Morgan fingerprint density at radius 1 is 1.10 bits per heavy atom. The number of nitrogens with one attached hydrogen (secondary N) is 1. The van der Waals surface area contributed by atoms with Crippen molar-refractivity contribution < 1.29 is 13.5 Å². The number of benzene rings is 2. The van der Waals surface area contributed by atoms with Crippen LogP contribution >= 0.6 is 0 Å². The van der Waals surface area contributed by atoms with Gasteiger partial charge < -0.3 is 4.74 Å². The van der Waals surface area contributed by atoms with Crippen molar-refractivity contribution in [1.29, 1.82) is 0 Å². The zero-order chi connectivity index (χ0) is 14.7. The number of para-hydroxylation sites is 1. The number of hydrogen-bond acceptors (Lipinski definition) is 3. The fraction of sp³-hybridized carbons (Fsp3) is 0.200. The van der Waals surface area contributed by atoms with Crippen molar-refractivity contribution >= 4 is 0 Å². The number of nitrogens with two attached hydrogens (primary N) is 1. The summed E-state index contributed by atoms with van der Waals surface area (Å²) in [4.78, 5) is 0. The van der Waals surface area contributed by atoms with Crippen LogP contribution in [0.5, 0.6) is 5.75 Å². The van der Waals surface area contributed by atoms with Gasteiger partial charge in [0, 0.05) is 17.2 Å². The van der Waals surface area contributed by atoms with Crippen molar-refractivity contribution in [3.63, 3.8) is 0 Å². The average Bonchev–Trinajstić information content (AvgIpc) is 2.45. The Kier molecular flexibility index (Phi) is 4.32. The summed E-state index contributed by atoms with van der Waals surface area (Å²) in [6.45, 7) is 1.58. The molecule has 0 bridgehead atoms. The van der Waals surface area contributed by atoms with Gasteiger partial charge in [0.05, 0.1) is 13.2 Å². The molecule has 0 aliphatic rings. The molecule has 3 N–H and O–H groups in total. The second-order valence-electron chi connectivity index (χ2n) is 4.46. The minimum Gasteiger partial charge on any atom is -0.496 e. The molecular weight excluding hydrogens is 262 g/mol. The summed E-state index contributed by atoms with van der Waals surface area (Å²) in [6, 6.07) is 8.84. The number of ether oxygens (including phenoxy) is 1. The standard InChI is InChI=1S/C15H16F2N2O/c1-9-7-11(13(17)8-12(9)16)15(19-18)10-5-3-4-6-14(10)20-2/h3-8,15,19H,18H2,1-2H3. The Morgan fingerprint density at radius 2 is 1.80 bits per heavy atom. The van der Waals surface area contributed by atoms with Gasteiger partial charge in [-0.05, 0) is 24.6 Å². The molecule has 0 aliphatic carbocycles. The van der Waals surface area contributed by atoms with Crippen LogP contribution < -0.4 is 16.0 Å². The smallest absolute Gasteiger partial charge is 0.131 e. The van der Waals surface area contributed by atoms with Crippen molar-refractivity contribution in [2.45, 2.75) is 13.0 Å². The predicted molar refractivity (Wildman–Crippen MR) is 73.3 cm³/mol. The van der Waals surface area contributed by atoms with E-state index in [4.69, 9.17) is 10.6 Å². The molecule has 0 spiro atoms. The third-order valence-corrected chi connectivity index (χ3v) is 3.21. The SMILES string of the molecule is COc1ccccc1C(NN)c1cc(C)c(F)cc1F. The summed E-state index contributed by atoms with van der Waals surface area (Å²) in [5, 5.41) is 0. The Labute approximate surface area is 116 Å². The Morgan fingerprint density at radius 3 is 2.45 bits per heavy atom. The Hall–Kier alpha value is -1.98. The van der Waals surface area contributed by atoms with Crippen molar-refractivity contribution in [1.82, 2.24) is 5.43 Å². The minimum absolute atomic E-state index is 0.274. The number of rotatable bonds is 4. The topological polar surface area (TPSA) is 47.3 Å². The largest absolute Gasteiger partial charge is 0.496 e. The van der Waals surface area contributed by atoms with Gasteiger partial charge in [-0.1, -0.05) is 18.2 Å². The molecule has 0 heterocycles. The molecule has 0 saturated carbocycles. The molecule has 1 atom stereocenters. The van der Waals surface area contributed by atoms with Gasteiger partial charge in [-0.2, -0.15) is 0 Å². The van der Waals surface area contributed by atoms with Crippen LogP contribution in [0.15, 0.2) is 36.4 Å². The van der Waals surface area contributed by atoms with Gasteiger partial charge in [-0.3, -0.25) is 5.84 Å². The first-order chi connectivity index (χ1) is 9.58. The highest BCUT2D eigenvalue weighted by Crippen LogP contribution is 2.31. The van der Waals surface area contributed by atoms with Gasteiger partial charge in [0.1, 0.15) is 17.4 Å². The van der Waals surface area contributed by atoms with Crippen molar-refractivity contribution in [2.75, 3.05) is 7.11 Å². The molecule has 2 aromatic carbocycles. The lowest BCUT2D eigenvalue weighted by Gasteiger charge is -2.20. The van der Waals surface area contributed by atoms with E-state index < -0.39 is 17.7 Å². The molecule has 2 aromatic rings. The second-order valence-corrected chi connectivity index (χ2v) is 4.46. The Bertz CT molecular complexity index is 617. The van der Waals surface area contributed by atoms with E-state index in [0.717, 1.165) is 6.07 Å². The molecule has 0 aliphatic heterocycles. The van der Waals surface area contributed by atoms with Gasteiger partial charge in [0.25, 0.3) is 0 Å². The van der Waals surface area contributed by atoms with E-state index in [1.54, 1.807) is 25.1 Å². The van der Waals surface area contributed by atoms with Crippen LogP contribution in [0.1, 0.15) is 22.7 Å². The van der Waals surface area contributed by atoms with Gasteiger partial charge >= 0.3 is 0 Å². The molecule has 0 radical (unpaired) electrons. The van der Waals surface area contributed by atoms with Crippen molar-refractivity contribution in [3.8, 4) is 5.75 Å². The first-order valence-electron chi connectivity index (χ1n) is 6.13. The van der Waals surface area contributed by atoms with E-state index in [1.807, 2.05) is 6.07 Å². The Balaban J connectivity index is 2.55. The zero-order valence-electron chi connectivity index (χ0n) is 11.3. The first kappa shape index (κ1) is 14.4.